The molecule has 0 saturated heterocycles. The van der Waals surface area contributed by atoms with Crippen molar-refractivity contribution >= 4 is 0 Å². The number of hydrogen-bond acceptors (Lipinski definition) is 2. The Hall–Kier alpha value is -2.10. The van der Waals surface area contributed by atoms with Gasteiger partial charge in [-0.05, 0) is 19.1 Å². The van der Waals surface area contributed by atoms with Crippen LogP contribution in [0.1, 0.15) is 5.56 Å². The molecule has 1 N–H and O–H groups in total. The smallest absolute Gasteiger partial charge is 0.250 e. The molecule has 4 heteroatoms. The Bertz CT molecular complexity index is 605. The maximum absolute atomic E-state index is 14.0. The average molecular weight is 233 g/mol. The van der Waals surface area contributed by atoms with Gasteiger partial charge in [0, 0.05) is 22.9 Å². The van der Waals surface area contributed by atoms with Crippen molar-refractivity contribution in [3.8, 4) is 16.9 Å². The van der Waals surface area contributed by atoms with Gasteiger partial charge in [0.2, 0.25) is 0 Å². The summed E-state index contributed by atoms with van der Waals surface area (Å²) < 4.78 is 18.9. The predicted molar refractivity (Wildman–Crippen MR) is 63.7 cm³/mol. The average Bonchev–Trinajstić information content (AvgIpc) is 2.33. The molecule has 1 aromatic carbocycles. The number of hydrogen-bond donors (Lipinski definition) is 1. The number of ether oxygens (including phenoxy) is 1. The molecule has 0 saturated carbocycles. The molecule has 0 unspecified atom stereocenters. The van der Waals surface area contributed by atoms with Gasteiger partial charge in [-0.2, -0.15) is 0 Å². The van der Waals surface area contributed by atoms with E-state index in [-0.39, 0.29) is 11.3 Å². The molecule has 0 spiro atoms. The number of H-pyrrole nitrogens is 1. The number of rotatable bonds is 2. The van der Waals surface area contributed by atoms with Crippen LogP contribution >= 0.6 is 0 Å². The number of benzene rings is 1. The van der Waals surface area contributed by atoms with Crippen molar-refractivity contribution in [2.45, 2.75) is 6.92 Å². The molecule has 0 fully saturated rings. The molecule has 2 rings (SSSR count). The second-order valence-corrected chi connectivity index (χ2v) is 3.72. The Morgan fingerprint density at radius 1 is 1.35 bits per heavy atom. The number of halogens is 1. The lowest BCUT2D eigenvalue weighted by Gasteiger charge is -2.07. The van der Waals surface area contributed by atoms with Crippen LogP contribution in [0.5, 0.6) is 5.75 Å². The zero-order chi connectivity index (χ0) is 12.4. The molecule has 17 heavy (non-hydrogen) atoms. The fraction of sp³-hybridized carbons (Fsp3) is 0.154. The number of nitrogens with one attached hydrogen (secondary N) is 1. The predicted octanol–water partition coefficient (Wildman–Crippen LogP) is 2.50. The summed E-state index contributed by atoms with van der Waals surface area (Å²) in [5, 5.41) is 0. The van der Waals surface area contributed by atoms with Gasteiger partial charge in [-0.25, -0.2) is 4.39 Å². The van der Waals surface area contributed by atoms with E-state index in [9.17, 15) is 9.18 Å². The fourth-order valence-corrected chi connectivity index (χ4v) is 1.64. The van der Waals surface area contributed by atoms with E-state index in [1.807, 2.05) is 0 Å². The van der Waals surface area contributed by atoms with Crippen molar-refractivity contribution in [3.05, 3.63) is 52.2 Å². The maximum atomic E-state index is 14.0. The number of methoxy groups -OCH3 is 1. The Morgan fingerprint density at radius 3 is 2.76 bits per heavy atom. The molecule has 2 aromatic rings. The van der Waals surface area contributed by atoms with E-state index >= 15 is 0 Å². The van der Waals surface area contributed by atoms with E-state index < -0.39 is 5.82 Å². The van der Waals surface area contributed by atoms with Gasteiger partial charge in [0.05, 0.1) is 7.11 Å². The normalized spacial score (nSPS) is 10.3. The molecule has 1 heterocycles. The van der Waals surface area contributed by atoms with E-state index in [4.69, 9.17) is 4.74 Å². The van der Waals surface area contributed by atoms with Gasteiger partial charge in [-0.3, -0.25) is 4.79 Å². The second kappa shape index (κ2) is 4.41. The largest absolute Gasteiger partial charge is 0.494 e. The molecule has 0 aliphatic carbocycles. The Balaban J connectivity index is 2.60. The first-order chi connectivity index (χ1) is 8.13. The lowest BCUT2D eigenvalue weighted by atomic mass is 10.1. The highest BCUT2D eigenvalue weighted by Crippen LogP contribution is 2.28. The van der Waals surface area contributed by atoms with Crippen LogP contribution in [0.4, 0.5) is 4.39 Å². The van der Waals surface area contributed by atoms with Crippen molar-refractivity contribution < 1.29 is 9.13 Å². The Kier molecular flexibility index (Phi) is 2.95. The van der Waals surface area contributed by atoms with Crippen LogP contribution in [0.15, 0.2) is 35.3 Å². The molecule has 88 valence electrons. The highest BCUT2D eigenvalue weighted by molar-refractivity contribution is 5.65. The third-order valence-electron chi connectivity index (χ3n) is 2.58. The molecule has 0 amide bonds. The SMILES string of the molecule is COc1cccc(-c2c[nH]c(=O)c(C)c2)c1F. The minimum Gasteiger partial charge on any atom is -0.494 e. The van der Waals surface area contributed by atoms with Crippen LogP contribution in [-0.2, 0) is 0 Å². The fourth-order valence-electron chi connectivity index (χ4n) is 1.64. The monoisotopic (exact) mass is 233 g/mol. The second-order valence-electron chi connectivity index (χ2n) is 3.72. The summed E-state index contributed by atoms with van der Waals surface area (Å²) in [6.07, 6.45) is 1.49. The topological polar surface area (TPSA) is 42.1 Å². The summed E-state index contributed by atoms with van der Waals surface area (Å²) in [4.78, 5) is 13.8. The van der Waals surface area contributed by atoms with Gasteiger partial charge in [0.1, 0.15) is 0 Å². The zero-order valence-corrected chi connectivity index (χ0v) is 9.58. The lowest BCUT2D eigenvalue weighted by molar-refractivity contribution is 0.387. The molecule has 1 aromatic heterocycles. The first-order valence-electron chi connectivity index (χ1n) is 5.15. The number of pyridine rings is 1. The zero-order valence-electron chi connectivity index (χ0n) is 9.58. The van der Waals surface area contributed by atoms with Crippen LogP contribution in [0.2, 0.25) is 0 Å². The van der Waals surface area contributed by atoms with Crippen molar-refractivity contribution in [3.63, 3.8) is 0 Å². The first kappa shape index (κ1) is 11.4. The van der Waals surface area contributed by atoms with Gasteiger partial charge >= 0.3 is 0 Å². The summed E-state index contributed by atoms with van der Waals surface area (Å²) in [5.74, 6) is -0.243. The summed E-state index contributed by atoms with van der Waals surface area (Å²) in [6.45, 7) is 1.68. The van der Waals surface area contributed by atoms with Crippen LogP contribution in [0, 0.1) is 12.7 Å². The molecular weight excluding hydrogens is 221 g/mol. The van der Waals surface area contributed by atoms with Gasteiger partial charge in [0.15, 0.2) is 11.6 Å². The number of aromatic nitrogens is 1. The van der Waals surface area contributed by atoms with Gasteiger partial charge < -0.3 is 9.72 Å². The van der Waals surface area contributed by atoms with Gasteiger partial charge in [-0.15, -0.1) is 0 Å². The van der Waals surface area contributed by atoms with Crippen LogP contribution in [-0.4, -0.2) is 12.1 Å². The van der Waals surface area contributed by atoms with E-state index in [1.54, 1.807) is 31.2 Å². The lowest BCUT2D eigenvalue weighted by Crippen LogP contribution is -2.08. The van der Waals surface area contributed by atoms with Crippen molar-refractivity contribution in [2.24, 2.45) is 0 Å². The van der Waals surface area contributed by atoms with Gasteiger partial charge in [0.25, 0.3) is 5.56 Å². The Labute approximate surface area is 97.9 Å². The highest BCUT2D eigenvalue weighted by Gasteiger charge is 2.10. The maximum Gasteiger partial charge on any atom is 0.250 e. The number of aromatic amines is 1. The van der Waals surface area contributed by atoms with Crippen molar-refractivity contribution in [2.75, 3.05) is 7.11 Å². The van der Waals surface area contributed by atoms with E-state index in [1.165, 1.54) is 13.3 Å². The minimum atomic E-state index is -0.429. The number of aryl methyl sites for hydroxylation is 1. The minimum absolute atomic E-state index is 0.169. The molecule has 0 bridgehead atoms. The highest BCUT2D eigenvalue weighted by atomic mass is 19.1. The van der Waals surface area contributed by atoms with E-state index in [2.05, 4.69) is 4.98 Å². The van der Waals surface area contributed by atoms with Crippen LogP contribution in [0.25, 0.3) is 11.1 Å². The quantitative estimate of drug-likeness (QED) is 0.865. The van der Waals surface area contributed by atoms with Gasteiger partial charge in [-0.1, -0.05) is 12.1 Å². The first-order valence-corrected chi connectivity index (χ1v) is 5.15. The molecule has 0 aliphatic heterocycles. The summed E-state index contributed by atoms with van der Waals surface area (Å²) in [6, 6.07) is 6.55. The van der Waals surface area contributed by atoms with Crippen molar-refractivity contribution in [1.29, 1.82) is 0 Å². The molecule has 0 radical (unpaired) electrons. The third-order valence-corrected chi connectivity index (χ3v) is 2.58. The van der Waals surface area contributed by atoms with E-state index in [0.29, 0.717) is 16.7 Å². The molecular formula is C13H12FNO2. The summed E-state index contributed by atoms with van der Waals surface area (Å²) in [7, 11) is 1.42. The third kappa shape index (κ3) is 2.06. The van der Waals surface area contributed by atoms with Crippen LogP contribution in [0.3, 0.4) is 0 Å². The molecule has 0 aliphatic rings. The molecule has 0 atom stereocenters. The van der Waals surface area contributed by atoms with Crippen LogP contribution < -0.4 is 10.3 Å². The standard InChI is InChI=1S/C13H12FNO2/c1-8-6-9(7-15-13(8)16)10-4-3-5-11(17-2)12(10)14/h3-7H,1-2H3,(H,15,16). The Morgan fingerprint density at radius 2 is 2.12 bits per heavy atom. The summed E-state index contributed by atoms with van der Waals surface area (Å²) >= 11 is 0. The summed E-state index contributed by atoms with van der Waals surface area (Å²) in [5.41, 5.74) is 1.41. The van der Waals surface area contributed by atoms with Crippen molar-refractivity contribution in [1.82, 2.24) is 4.98 Å². The van der Waals surface area contributed by atoms with E-state index in [0.717, 1.165) is 0 Å². The molecule has 3 nitrogen and oxygen atoms in total.